The van der Waals surface area contributed by atoms with Gasteiger partial charge in [0.05, 0.1) is 11.0 Å². The molecule has 1 spiro atoms. The normalized spacial score (nSPS) is 21.4. The minimum absolute atomic E-state index is 0.0645. The Morgan fingerprint density at radius 3 is 2.70 bits per heavy atom. The summed E-state index contributed by atoms with van der Waals surface area (Å²) in [6.07, 6.45) is 5.44. The van der Waals surface area contributed by atoms with Gasteiger partial charge in [-0.3, -0.25) is 14.4 Å². The Morgan fingerprint density at radius 2 is 1.93 bits per heavy atom. The molecule has 0 aliphatic carbocycles. The number of piperidine rings is 1. The number of nitrogens with zero attached hydrogens (tertiary/aromatic N) is 2. The number of aryl methyl sites for hydroxylation is 1. The van der Waals surface area contributed by atoms with Gasteiger partial charge in [0.2, 0.25) is 5.91 Å². The maximum atomic E-state index is 13.3. The molecule has 1 atom stereocenters. The van der Waals surface area contributed by atoms with Crippen molar-refractivity contribution in [1.82, 2.24) is 14.8 Å². The van der Waals surface area contributed by atoms with E-state index in [1.54, 1.807) is 4.90 Å². The van der Waals surface area contributed by atoms with E-state index in [9.17, 15) is 19.5 Å². The van der Waals surface area contributed by atoms with E-state index in [0.717, 1.165) is 44.8 Å². The van der Waals surface area contributed by atoms with E-state index in [0.29, 0.717) is 19.5 Å². The van der Waals surface area contributed by atoms with Crippen molar-refractivity contribution in [2.75, 3.05) is 26.2 Å². The fraction of sp³-hybridized carbons (Fsp3) is 0.435. The van der Waals surface area contributed by atoms with Crippen molar-refractivity contribution in [2.24, 2.45) is 5.41 Å². The van der Waals surface area contributed by atoms with E-state index in [2.05, 4.69) is 17.1 Å². The molecule has 0 saturated carbocycles. The molecule has 4 rings (SSSR count). The molecule has 3 heterocycles. The van der Waals surface area contributed by atoms with Crippen LogP contribution in [0.2, 0.25) is 0 Å². The van der Waals surface area contributed by atoms with Crippen LogP contribution in [0.3, 0.4) is 0 Å². The number of nitrogens with one attached hydrogen (secondary N) is 1. The summed E-state index contributed by atoms with van der Waals surface area (Å²) >= 11 is 0. The number of carbonyl (C=O) groups excluding carboxylic acids is 2. The second-order valence-corrected chi connectivity index (χ2v) is 8.34. The lowest BCUT2D eigenvalue weighted by Gasteiger charge is -2.39. The largest absolute Gasteiger partial charge is 0.507 e. The summed E-state index contributed by atoms with van der Waals surface area (Å²) in [5.74, 6) is -0.542. The molecule has 2 aliphatic rings. The van der Waals surface area contributed by atoms with Gasteiger partial charge in [-0.25, -0.2) is 0 Å². The van der Waals surface area contributed by atoms with Gasteiger partial charge in [-0.2, -0.15) is 0 Å². The van der Waals surface area contributed by atoms with Crippen LogP contribution in [0.1, 0.15) is 41.6 Å². The van der Waals surface area contributed by atoms with Gasteiger partial charge in [0.15, 0.2) is 0 Å². The number of aromatic nitrogens is 1. The standard InChI is InChI=1S/C23H27N3O4/c27-19-14-20(28)24-15-18(19)21(29)26-13-10-23(16-26)9-5-12-25(22(23)30)11-4-8-17-6-2-1-3-7-17/h1-3,6-7,14-15H,4-5,8-13,16H2,(H2,24,27,28)/t23-/m0/s1. The molecule has 7 heteroatoms. The number of carbonyl (C=O) groups is 2. The number of amides is 2. The number of benzene rings is 1. The van der Waals surface area contributed by atoms with Crippen LogP contribution in [0, 0.1) is 5.41 Å². The first kappa shape index (κ1) is 20.2. The SMILES string of the molecule is O=C(c1c[nH]c(=O)cc1O)N1CC[C@@]2(CCCN(CCCc3ccccc3)C2=O)C1. The first-order chi connectivity index (χ1) is 14.5. The average molecular weight is 409 g/mol. The van der Waals surface area contributed by atoms with Crippen molar-refractivity contribution in [2.45, 2.75) is 32.1 Å². The first-order valence-corrected chi connectivity index (χ1v) is 10.5. The Labute approximate surface area is 175 Å². The maximum Gasteiger partial charge on any atom is 0.259 e. The summed E-state index contributed by atoms with van der Waals surface area (Å²) in [6.45, 7) is 2.33. The Balaban J connectivity index is 1.39. The summed E-state index contributed by atoms with van der Waals surface area (Å²) in [5, 5.41) is 9.97. The lowest BCUT2D eigenvalue weighted by Crippen LogP contribution is -2.50. The third-order valence-electron chi connectivity index (χ3n) is 6.33. The van der Waals surface area contributed by atoms with Crippen molar-refractivity contribution in [1.29, 1.82) is 0 Å². The van der Waals surface area contributed by atoms with Gasteiger partial charge >= 0.3 is 0 Å². The van der Waals surface area contributed by atoms with E-state index in [1.165, 1.54) is 11.8 Å². The molecule has 0 bridgehead atoms. The number of likely N-dealkylation sites (tertiary alicyclic amines) is 2. The smallest absolute Gasteiger partial charge is 0.259 e. The molecule has 158 valence electrons. The predicted octanol–water partition coefficient (Wildman–Crippen LogP) is 2.17. The zero-order valence-electron chi connectivity index (χ0n) is 17.0. The highest BCUT2D eigenvalue weighted by Crippen LogP contribution is 2.40. The Kier molecular flexibility index (Phi) is 5.61. The van der Waals surface area contributed by atoms with Crippen LogP contribution < -0.4 is 5.56 Å². The van der Waals surface area contributed by atoms with Gasteiger partial charge in [0.1, 0.15) is 5.75 Å². The van der Waals surface area contributed by atoms with Crippen molar-refractivity contribution < 1.29 is 14.7 Å². The molecule has 2 aliphatic heterocycles. The molecule has 7 nitrogen and oxygen atoms in total. The zero-order valence-corrected chi connectivity index (χ0v) is 17.0. The fourth-order valence-electron chi connectivity index (χ4n) is 4.71. The van der Waals surface area contributed by atoms with Crippen LogP contribution in [0.25, 0.3) is 0 Å². The molecule has 2 amide bonds. The zero-order chi connectivity index (χ0) is 21.1. The molecule has 1 aromatic carbocycles. The molecular formula is C23H27N3O4. The van der Waals surface area contributed by atoms with Crippen LogP contribution in [0.5, 0.6) is 5.75 Å². The van der Waals surface area contributed by atoms with Gasteiger partial charge < -0.3 is 19.9 Å². The van der Waals surface area contributed by atoms with E-state index in [1.807, 2.05) is 23.1 Å². The fourth-order valence-corrected chi connectivity index (χ4v) is 4.71. The van der Waals surface area contributed by atoms with Crippen molar-refractivity contribution in [3.63, 3.8) is 0 Å². The quantitative estimate of drug-likeness (QED) is 0.791. The van der Waals surface area contributed by atoms with E-state index < -0.39 is 11.0 Å². The maximum absolute atomic E-state index is 13.3. The molecule has 2 fully saturated rings. The highest BCUT2D eigenvalue weighted by Gasteiger charge is 2.49. The summed E-state index contributed by atoms with van der Waals surface area (Å²) in [7, 11) is 0. The summed E-state index contributed by atoms with van der Waals surface area (Å²) in [6, 6.07) is 11.3. The Hall–Kier alpha value is -3.09. The molecular weight excluding hydrogens is 382 g/mol. The summed E-state index contributed by atoms with van der Waals surface area (Å²) < 4.78 is 0. The van der Waals surface area contributed by atoms with Gasteiger partial charge in [-0.15, -0.1) is 0 Å². The third kappa shape index (κ3) is 3.97. The Bertz CT molecular complexity index is 987. The molecule has 0 radical (unpaired) electrons. The van der Waals surface area contributed by atoms with Crippen LogP contribution in [-0.4, -0.2) is 57.9 Å². The number of pyridine rings is 1. The molecule has 0 unspecified atom stereocenters. The Morgan fingerprint density at radius 1 is 1.13 bits per heavy atom. The van der Waals surface area contributed by atoms with Crippen molar-refractivity contribution >= 4 is 11.8 Å². The monoisotopic (exact) mass is 409 g/mol. The average Bonchev–Trinajstić information content (AvgIpc) is 3.17. The first-order valence-electron chi connectivity index (χ1n) is 10.5. The highest BCUT2D eigenvalue weighted by atomic mass is 16.3. The van der Waals surface area contributed by atoms with E-state index in [-0.39, 0.29) is 23.1 Å². The van der Waals surface area contributed by atoms with Gasteiger partial charge in [-0.05, 0) is 37.7 Å². The van der Waals surface area contributed by atoms with E-state index >= 15 is 0 Å². The number of H-pyrrole nitrogens is 1. The number of aromatic amines is 1. The number of hydrogen-bond donors (Lipinski definition) is 2. The summed E-state index contributed by atoms with van der Waals surface area (Å²) in [4.78, 5) is 43.4. The lowest BCUT2D eigenvalue weighted by atomic mass is 9.78. The minimum Gasteiger partial charge on any atom is -0.507 e. The van der Waals surface area contributed by atoms with Gasteiger partial charge in [0.25, 0.3) is 11.5 Å². The van der Waals surface area contributed by atoms with Crippen LogP contribution in [0.15, 0.2) is 47.4 Å². The highest BCUT2D eigenvalue weighted by molar-refractivity contribution is 5.97. The van der Waals surface area contributed by atoms with Crippen molar-refractivity contribution in [3.05, 3.63) is 64.1 Å². The number of aromatic hydroxyl groups is 1. The third-order valence-corrected chi connectivity index (χ3v) is 6.33. The number of hydrogen-bond acceptors (Lipinski definition) is 4. The van der Waals surface area contributed by atoms with Crippen molar-refractivity contribution in [3.8, 4) is 5.75 Å². The molecule has 2 saturated heterocycles. The van der Waals surface area contributed by atoms with E-state index in [4.69, 9.17) is 0 Å². The summed E-state index contributed by atoms with van der Waals surface area (Å²) in [5.41, 5.74) is 0.346. The van der Waals surface area contributed by atoms with Crippen LogP contribution >= 0.6 is 0 Å². The molecule has 30 heavy (non-hydrogen) atoms. The predicted molar refractivity (Wildman–Crippen MR) is 112 cm³/mol. The number of rotatable bonds is 5. The molecule has 1 aromatic heterocycles. The lowest BCUT2D eigenvalue weighted by molar-refractivity contribution is -0.145. The minimum atomic E-state index is -0.529. The van der Waals surface area contributed by atoms with Crippen LogP contribution in [-0.2, 0) is 11.2 Å². The second kappa shape index (κ2) is 8.34. The molecule has 2 aromatic rings. The van der Waals surface area contributed by atoms with Crippen LogP contribution in [0.4, 0.5) is 0 Å². The molecule has 2 N–H and O–H groups in total. The second-order valence-electron chi connectivity index (χ2n) is 8.34. The van der Waals surface area contributed by atoms with Gasteiger partial charge in [0, 0.05) is 38.4 Å². The van der Waals surface area contributed by atoms with Gasteiger partial charge in [-0.1, -0.05) is 30.3 Å². The topological polar surface area (TPSA) is 93.7 Å².